The van der Waals surface area contributed by atoms with Crippen LogP contribution < -0.4 is 10.2 Å². The Balaban J connectivity index is 2.12. The minimum absolute atomic E-state index is 0.125. The minimum Gasteiger partial charge on any atom is -0.489 e. The number of hydrogen-bond acceptors (Lipinski definition) is 5. The Bertz CT molecular complexity index is 836. The summed E-state index contributed by atoms with van der Waals surface area (Å²) < 4.78 is 5.41. The van der Waals surface area contributed by atoms with E-state index in [1.165, 1.54) is 24.4 Å². The molecule has 0 aliphatic carbocycles. The molecule has 0 saturated carbocycles. The number of hydrazone groups is 1. The van der Waals surface area contributed by atoms with Crippen LogP contribution in [0.1, 0.15) is 15.9 Å². The van der Waals surface area contributed by atoms with Gasteiger partial charge in [0.15, 0.2) is 0 Å². The molecule has 2 rings (SSSR count). The van der Waals surface area contributed by atoms with Crippen molar-refractivity contribution in [3.8, 4) is 5.75 Å². The summed E-state index contributed by atoms with van der Waals surface area (Å²) in [5, 5.41) is 14.9. The molecule has 2 aromatic rings. The van der Waals surface area contributed by atoms with Gasteiger partial charge in [-0.25, -0.2) is 5.43 Å². The fraction of sp³-hybridized carbons (Fsp3) is 0.0588. The third kappa shape index (κ3) is 4.89. The molecule has 0 aromatic heterocycles. The first kappa shape index (κ1) is 18.2. The molecule has 0 heterocycles. The van der Waals surface area contributed by atoms with Crippen molar-refractivity contribution >= 4 is 29.4 Å². The van der Waals surface area contributed by atoms with Crippen LogP contribution >= 0.6 is 11.6 Å². The summed E-state index contributed by atoms with van der Waals surface area (Å²) in [7, 11) is 0. The number of non-ortho nitro benzene ring substituents is 1. The first-order chi connectivity index (χ1) is 12.0. The van der Waals surface area contributed by atoms with E-state index < -0.39 is 10.8 Å². The molecule has 8 heteroatoms. The third-order valence-corrected chi connectivity index (χ3v) is 3.39. The summed E-state index contributed by atoms with van der Waals surface area (Å²) in [6, 6.07) is 10.6. The number of ether oxygens (including phenoxy) is 1. The number of nitro benzene ring substituents is 1. The van der Waals surface area contributed by atoms with Gasteiger partial charge >= 0.3 is 0 Å². The van der Waals surface area contributed by atoms with E-state index in [1.807, 2.05) is 0 Å². The molecule has 7 nitrogen and oxygen atoms in total. The van der Waals surface area contributed by atoms with E-state index in [0.29, 0.717) is 16.9 Å². The number of halogens is 1. The van der Waals surface area contributed by atoms with E-state index >= 15 is 0 Å². The summed E-state index contributed by atoms with van der Waals surface area (Å²) in [6.07, 6.45) is 2.80. The van der Waals surface area contributed by atoms with Gasteiger partial charge in [0, 0.05) is 22.7 Å². The van der Waals surface area contributed by atoms with Gasteiger partial charge in [0.05, 0.1) is 16.7 Å². The van der Waals surface area contributed by atoms with E-state index in [4.69, 9.17) is 16.3 Å². The Morgan fingerprint density at radius 3 is 2.84 bits per heavy atom. The van der Waals surface area contributed by atoms with Crippen LogP contribution in [0.4, 0.5) is 5.69 Å². The zero-order valence-electron chi connectivity index (χ0n) is 13.0. The van der Waals surface area contributed by atoms with Crippen molar-refractivity contribution in [3.05, 3.63) is 81.4 Å². The van der Waals surface area contributed by atoms with Gasteiger partial charge in [0.25, 0.3) is 11.6 Å². The fourth-order valence-corrected chi connectivity index (χ4v) is 2.06. The van der Waals surface area contributed by atoms with Gasteiger partial charge in [-0.3, -0.25) is 14.9 Å². The lowest BCUT2D eigenvalue weighted by Gasteiger charge is -2.08. The van der Waals surface area contributed by atoms with Crippen LogP contribution in [0.25, 0.3) is 0 Å². The van der Waals surface area contributed by atoms with Crippen LogP contribution in [-0.2, 0) is 0 Å². The summed E-state index contributed by atoms with van der Waals surface area (Å²) in [6.45, 7) is 3.81. The maximum Gasteiger partial charge on any atom is 0.275 e. The molecule has 0 bridgehead atoms. The molecule has 0 radical (unpaired) electrons. The number of para-hydroxylation sites is 1. The second-order valence-corrected chi connectivity index (χ2v) is 5.17. The third-order valence-electron chi connectivity index (χ3n) is 3.05. The van der Waals surface area contributed by atoms with E-state index in [9.17, 15) is 14.9 Å². The normalized spacial score (nSPS) is 10.4. The molecule has 1 amide bonds. The maximum atomic E-state index is 12.2. The molecule has 1 N–H and O–H groups in total. The number of rotatable bonds is 7. The van der Waals surface area contributed by atoms with Gasteiger partial charge in [0.2, 0.25) is 0 Å². The quantitative estimate of drug-likeness (QED) is 0.354. The number of benzene rings is 2. The van der Waals surface area contributed by atoms with E-state index in [0.717, 1.165) is 0 Å². The van der Waals surface area contributed by atoms with Crippen molar-refractivity contribution < 1.29 is 14.5 Å². The van der Waals surface area contributed by atoms with E-state index in [2.05, 4.69) is 17.1 Å². The lowest BCUT2D eigenvalue weighted by atomic mass is 10.2. The Labute approximate surface area is 148 Å². The highest BCUT2D eigenvalue weighted by Crippen LogP contribution is 2.21. The Morgan fingerprint density at radius 1 is 1.36 bits per heavy atom. The number of carbonyl (C=O) groups excluding carboxylic acids is 1. The number of amides is 1. The molecule has 0 unspecified atom stereocenters. The molecule has 0 aliphatic rings. The van der Waals surface area contributed by atoms with Crippen molar-refractivity contribution in [2.75, 3.05) is 6.61 Å². The van der Waals surface area contributed by atoms with Gasteiger partial charge in [0.1, 0.15) is 12.4 Å². The molecule has 2 aromatic carbocycles. The maximum absolute atomic E-state index is 12.2. The summed E-state index contributed by atoms with van der Waals surface area (Å²) in [4.78, 5) is 22.4. The van der Waals surface area contributed by atoms with Crippen LogP contribution in [0.3, 0.4) is 0 Å². The summed E-state index contributed by atoms with van der Waals surface area (Å²) >= 11 is 5.96. The van der Waals surface area contributed by atoms with Crippen LogP contribution in [-0.4, -0.2) is 23.7 Å². The topological polar surface area (TPSA) is 93.8 Å². The highest BCUT2D eigenvalue weighted by molar-refractivity contribution is 6.33. The smallest absolute Gasteiger partial charge is 0.275 e. The SMILES string of the molecule is C=CCOc1ccccc1C(=O)NN=Cc1cc([N+](=O)[O-])ccc1Cl. The first-order valence-corrected chi connectivity index (χ1v) is 7.50. The summed E-state index contributed by atoms with van der Waals surface area (Å²) in [5.74, 6) is -0.0963. The van der Waals surface area contributed by atoms with Gasteiger partial charge < -0.3 is 4.74 Å². The lowest BCUT2D eigenvalue weighted by molar-refractivity contribution is -0.384. The van der Waals surface area contributed by atoms with E-state index in [1.54, 1.807) is 30.3 Å². The zero-order chi connectivity index (χ0) is 18.2. The Hall–Kier alpha value is -3.19. The van der Waals surface area contributed by atoms with Gasteiger partial charge in [-0.15, -0.1) is 0 Å². The van der Waals surface area contributed by atoms with Crippen LogP contribution in [0.5, 0.6) is 5.75 Å². The molecular weight excluding hydrogens is 346 g/mol. The van der Waals surface area contributed by atoms with Gasteiger partial charge in [-0.1, -0.05) is 36.4 Å². The molecular formula is C17H14ClN3O4. The molecule has 0 saturated heterocycles. The number of carbonyl (C=O) groups is 1. The number of hydrogen-bond donors (Lipinski definition) is 1. The molecule has 128 valence electrons. The zero-order valence-corrected chi connectivity index (χ0v) is 13.8. The predicted octanol–water partition coefficient (Wildman–Crippen LogP) is 3.58. The second-order valence-electron chi connectivity index (χ2n) is 4.76. The molecule has 0 spiro atoms. The van der Waals surface area contributed by atoms with Crippen molar-refractivity contribution in [2.24, 2.45) is 5.10 Å². The molecule has 0 atom stereocenters. The van der Waals surface area contributed by atoms with E-state index in [-0.39, 0.29) is 17.3 Å². The standard InChI is InChI=1S/C17H14ClN3O4/c1-2-9-25-16-6-4-3-5-14(16)17(22)20-19-11-12-10-13(21(23)24)7-8-15(12)18/h2-8,10-11H,1,9H2,(H,20,22). The van der Waals surface area contributed by atoms with Crippen LogP contribution in [0.15, 0.2) is 60.2 Å². The van der Waals surface area contributed by atoms with Gasteiger partial charge in [-0.05, 0) is 18.2 Å². The van der Waals surface area contributed by atoms with Crippen LogP contribution in [0, 0.1) is 10.1 Å². The van der Waals surface area contributed by atoms with Crippen LogP contribution in [0.2, 0.25) is 5.02 Å². The average Bonchev–Trinajstić information content (AvgIpc) is 2.61. The number of nitrogens with zero attached hydrogens (tertiary/aromatic N) is 2. The summed E-state index contributed by atoms with van der Waals surface area (Å²) in [5.41, 5.74) is 2.82. The van der Waals surface area contributed by atoms with Crippen molar-refractivity contribution in [1.29, 1.82) is 0 Å². The highest BCUT2D eigenvalue weighted by atomic mass is 35.5. The average molecular weight is 360 g/mol. The first-order valence-electron chi connectivity index (χ1n) is 7.13. The lowest BCUT2D eigenvalue weighted by Crippen LogP contribution is -2.18. The largest absolute Gasteiger partial charge is 0.489 e. The van der Waals surface area contributed by atoms with Gasteiger partial charge in [-0.2, -0.15) is 5.10 Å². The number of nitrogens with one attached hydrogen (secondary N) is 1. The van der Waals surface area contributed by atoms with Crippen molar-refractivity contribution in [1.82, 2.24) is 5.43 Å². The Morgan fingerprint density at radius 2 is 2.12 bits per heavy atom. The Kier molecular flexibility index (Phi) is 6.25. The van der Waals surface area contributed by atoms with Crippen molar-refractivity contribution in [3.63, 3.8) is 0 Å². The predicted molar refractivity (Wildman–Crippen MR) is 95.3 cm³/mol. The molecule has 0 fully saturated rings. The second kappa shape index (κ2) is 8.60. The molecule has 25 heavy (non-hydrogen) atoms. The highest BCUT2D eigenvalue weighted by Gasteiger charge is 2.11. The molecule has 0 aliphatic heterocycles. The van der Waals surface area contributed by atoms with Crippen molar-refractivity contribution in [2.45, 2.75) is 0 Å². The minimum atomic E-state index is -0.542. The monoisotopic (exact) mass is 359 g/mol. The fourth-order valence-electron chi connectivity index (χ4n) is 1.89. The number of nitro groups is 1.